The highest BCUT2D eigenvalue weighted by Crippen LogP contribution is 2.26. The van der Waals surface area contributed by atoms with Gasteiger partial charge < -0.3 is 10.5 Å². The van der Waals surface area contributed by atoms with E-state index in [4.69, 9.17) is 10.5 Å². The van der Waals surface area contributed by atoms with Crippen molar-refractivity contribution in [2.45, 2.75) is 32.2 Å². The van der Waals surface area contributed by atoms with Gasteiger partial charge in [0.25, 0.3) is 0 Å². The molecule has 3 nitrogen and oxygen atoms in total. The van der Waals surface area contributed by atoms with Crippen molar-refractivity contribution in [3.05, 3.63) is 35.9 Å². The second-order valence-corrected chi connectivity index (χ2v) is 5.30. The number of aromatic nitrogens is 1. The molecular weight excluding hydrogens is 236 g/mol. The van der Waals surface area contributed by atoms with Crippen LogP contribution in [0.1, 0.15) is 31.2 Å². The number of ether oxygens (including phenoxy) is 1. The number of hydrogen-bond acceptors (Lipinski definition) is 3. The normalized spacial score (nSPS) is 16.1. The van der Waals surface area contributed by atoms with Gasteiger partial charge in [-0.25, -0.2) is 4.98 Å². The van der Waals surface area contributed by atoms with E-state index in [1.807, 2.05) is 24.3 Å². The fourth-order valence-corrected chi connectivity index (χ4v) is 2.84. The fraction of sp³-hybridized carbons (Fsp3) is 0.438. The minimum atomic E-state index is 0.517. The first-order valence-corrected chi connectivity index (χ1v) is 7.08. The van der Waals surface area contributed by atoms with Crippen molar-refractivity contribution in [3.8, 4) is 5.88 Å². The molecule has 0 saturated heterocycles. The lowest BCUT2D eigenvalue weighted by molar-refractivity contribution is 0.244. The van der Waals surface area contributed by atoms with Gasteiger partial charge in [0.2, 0.25) is 5.88 Å². The predicted octanol–water partition coefficient (Wildman–Crippen LogP) is 3.26. The molecule has 0 aliphatic heterocycles. The Bertz CT molecular complexity index is 562. The summed E-state index contributed by atoms with van der Waals surface area (Å²) >= 11 is 0. The van der Waals surface area contributed by atoms with Gasteiger partial charge >= 0.3 is 0 Å². The third-order valence-electron chi connectivity index (χ3n) is 3.94. The highest BCUT2D eigenvalue weighted by atomic mass is 16.5. The summed E-state index contributed by atoms with van der Waals surface area (Å²) < 4.78 is 5.87. The summed E-state index contributed by atoms with van der Waals surface area (Å²) in [5.41, 5.74) is 7.89. The average Bonchev–Trinajstić information content (AvgIpc) is 2.97. The number of benzene rings is 1. The van der Waals surface area contributed by atoms with Gasteiger partial charge in [0, 0.05) is 18.0 Å². The summed E-state index contributed by atoms with van der Waals surface area (Å²) in [5.74, 6) is 1.42. The topological polar surface area (TPSA) is 48.1 Å². The third-order valence-corrected chi connectivity index (χ3v) is 3.94. The fourth-order valence-electron chi connectivity index (χ4n) is 2.84. The predicted molar refractivity (Wildman–Crippen MR) is 77.1 cm³/mol. The van der Waals surface area contributed by atoms with E-state index >= 15 is 0 Å². The molecule has 1 fully saturated rings. The minimum Gasteiger partial charge on any atom is -0.477 e. The average molecular weight is 256 g/mol. The van der Waals surface area contributed by atoms with Crippen molar-refractivity contribution < 1.29 is 4.74 Å². The van der Waals surface area contributed by atoms with Gasteiger partial charge in [-0.15, -0.1) is 0 Å². The Balaban J connectivity index is 1.82. The zero-order chi connectivity index (χ0) is 13.1. The number of hydrogen-bond donors (Lipinski definition) is 1. The van der Waals surface area contributed by atoms with E-state index in [9.17, 15) is 0 Å². The Labute approximate surface area is 113 Å². The molecule has 0 amide bonds. The van der Waals surface area contributed by atoms with Crippen LogP contribution in [0.3, 0.4) is 0 Å². The lowest BCUT2D eigenvalue weighted by Gasteiger charge is -2.12. The van der Waals surface area contributed by atoms with Gasteiger partial charge in [-0.2, -0.15) is 0 Å². The minimum absolute atomic E-state index is 0.517. The first kappa shape index (κ1) is 12.4. The standard InChI is InChI=1S/C16H20N2O/c17-10-13-9-16(19-11-12-5-1-2-6-12)18-15-8-4-3-7-14(13)15/h3-4,7-9,12H,1-2,5-6,10-11,17H2. The van der Waals surface area contributed by atoms with E-state index < -0.39 is 0 Å². The summed E-state index contributed by atoms with van der Waals surface area (Å²) in [6.45, 7) is 1.30. The lowest BCUT2D eigenvalue weighted by atomic mass is 10.1. The van der Waals surface area contributed by atoms with E-state index in [0.717, 1.165) is 23.1 Å². The van der Waals surface area contributed by atoms with Crippen molar-refractivity contribution in [2.24, 2.45) is 11.7 Å². The maximum absolute atomic E-state index is 5.87. The Kier molecular flexibility index (Phi) is 3.65. The zero-order valence-electron chi connectivity index (χ0n) is 11.1. The molecular formula is C16H20N2O. The Morgan fingerprint density at radius 2 is 2.00 bits per heavy atom. The Morgan fingerprint density at radius 1 is 1.21 bits per heavy atom. The SMILES string of the molecule is NCc1cc(OCC2CCCC2)nc2ccccc12. The monoisotopic (exact) mass is 256 g/mol. The van der Waals surface area contributed by atoms with Gasteiger partial charge in [-0.1, -0.05) is 31.0 Å². The molecule has 1 aromatic carbocycles. The Hall–Kier alpha value is -1.61. The molecule has 3 rings (SSSR count). The second kappa shape index (κ2) is 5.57. The zero-order valence-corrected chi connectivity index (χ0v) is 11.1. The highest BCUT2D eigenvalue weighted by Gasteiger charge is 2.16. The summed E-state index contributed by atoms with van der Waals surface area (Å²) in [4.78, 5) is 4.57. The van der Waals surface area contributed by atoms with E-state index in [-0.39, 0.29) is 0 Å². The second-order valence-electron chi connectivity index (χ2n) is 5.30. The molecule has 1 heterocycles. The molecule has 2 aromatic rings. The van der Waals surface area contributed by atoms with Crippen LogP contribution in [0.15, 0.2) is 30.3 Å². The molecule has 0 radical (unpaired) electrons. The maximum atomic E-state index is 5.87. The molecule has 2 N–H and O–H groups in total. The van der Waals surface area contributed by atoms with E-state index in [1.54, 1.807) is 0 Å². The van der Waals surface area contributed by atoms with Crippen LogP contribution in [-0.4, -0.2) is 11.6 Å². The van der Waals surface area contributed by atoms with E-state index in [2.05, 4.69) is 11.1 Å². The molecule has 100 valence electrons. The number of rotatable bonds is 4. The van der Waals surface area contributed by atoms with Crippen molar-refractivity contribution >= 4 is 10.9 Å². The molecule has 0 bridgehead atoms. The number of pyridine rings is 1. The van der Waals surface area contributed by atoms with Crippen LogP contribution in [-0.2, 0) is 6.54 Å². The van der Waals surface area contributed by atoms with Crippen LogP contribution >= 0.6 is 0 Å². The molecule has 1 aliphatic rings. The van der Waals surface area contributed by atoms with Crippen LogP contribution in [0, 0.1) is 5.92 Å². The van der Waals surface area contributed by atoms with Crippen LogP contribution in [0.4, 0.5) is 0 Å². The van der Waals surface area contributed by atoms with Gasteiger partial charge in [0.15, 0.2) is 0 Å². The van der Waals surface area contributed by atoms with E-state index in [0.29, 0.717) is 18.3 Å². The van der Waals surface area contributed by atoms with Crippen LogP contribution in [0.25, 0.3) is 10.9 Å². The summed E-state index contributed by atoms with van der Waals surface area (Å²) in [6, 6.07) is 10.1. The van der Waals surface area contributed by atoms with Crippen LogP contribution in [0.2, 0.25) is 0 Å². The quantitative estimate of drug-likeness (QED) is 0.913. The lowest BCUT2D eigenvalue weighted by Crippen LogP contribution is -2.09. The molecule has 1 saturated carbocycles. The molecule has 0 atom stereocenters. The van der Waals surface area contributed by atoms with Crippen molar-refractivity contribution in [2.75, 3.05) is 6.61 Å². The van der Waals surface area contributed by atoms with Gasteiger partial charge in [0.1, 0.15) is 0 Å². The number of nitrogens with zero attached hydrogens (tertiary/aromatic N) is 1. The smallest absolute Gasteiger partial charge is 0.214 e. The highest BCUT2D eigenvalue weighted by molar-refractivity contribution is 5.82. The Morgan fingerprint density at radius 3 is 2.79 bits per heavy atom. The number of fused-ring (bicyclic) bond motifs is 1. The van der Waals surface area contributed by atoms with Gasteiger partial charge in [0.05, 0.1) is 12.1 Å². The van der Waals surface area contributed by atoms with Crippen molar-refractivity contribution in [1.82, 2.24) is 4.98 Å². The first-order valence-electron chi connectivity index (χ1n) is 7.08. The van der Waals surface area contributed by atoms with Crippen molar-refractivity contribution in [3.63, 3.8) is 0 Å². The van der Waals surface area contributed by atoms with Crippen LogP contribution < -0.4 is 10.5 Å². The largest absolute Gasteiger partial charge is 0.477 e. The van der Waals surface area contributed by atoms with Gasteiger partial charge in [-0.3, -0.25) is 0 Å². The van der Waals surface area contributed by atoms with Crippen molar-refractivity contribution in [1.29, 1.82) is 0 Å². The summed E-state index contributed by atoms with van der Waals surface area (Å²) in [6.07, 6.45) is 5.26. The summed E-state index contributed by atoms with van der Waals surface area (Å²) in [7, 11) is 0. The van der Waals surface area contributed by atoms with Gasteiger partial charge in [-0.05, 0) is 30.4 Å². The third kappa shape index (κ3) is 2.71. The maximum Gasteiger partial charge on any atom is 0.214 e. The molecule has 0 spiro atoms. The number of nitrogens with two attached hydrogens (primary N) is 1. The summed E-state index contributed by atoms with van der Waals surface area (Å²) in [5, 5.41) is 1.12. The molecule has 1 aromatic heterocycles. The molecule has 3 heteroatoms. The molecule has 19 heavy (non-hydrogen) atoms. The molecule has 0 unspecified atom stereocenters. The number of para-hydroxylation sites is 1. The van der Waals surface area contributed by atoms with E-state index in [1.165, 1.54) is 25.7 Å². The molecule has 1 aliphatic carbocycles. The first-order chi connectivity index (χ1) is 9.36. The van der Waals surface area contributed by atoms with Crippen LogP contribution in [0.5, 0.6) is 5.88 Å².